The van der Waals surface area contributed by atoms with Gasteiger partial charge in [-0.1, -0.05) is 20.4 Å². The van der Waals surface area contributed by atoms with Crippen LogP contribution in [0.4, 0.5) is 0 Å². The molecule has 1 aliphatic rings. The average molecular weight is 168 g/mol. The highest BCUT2D eigenvalue weighted by molar-refractivity contribution is 5.11. The normalized spacial score (nSPS) is 31.2. The molecule has 0 bridgehead atoms. The lowest BCUT2D eigenvalue weighted by molar-refractivity contribution is 0.0906. The van der Waals surface area contributed by atoms with Crippen LogP contribution in [0.3, 0.4) is 0 Å². The molecule has 0 aromatic heterocycles. The van der Waals surface area contributed by atoms with Gasteiger partial charge >= 0.3 is 0 Å². The van der Waals surface area contributed by atoms with Gasteiger partial charge in [-0.15, -0.1) is 0 Å². The molecular weight excluding hydrogens is 148 g/mol. The van der Waals surface area contributed by atoms with Gasteiger partial charge in [0, 0.05) is 7.11 Å². The van der Waals surface area contributed by atoms with Gasteiger partial charge < -0.3 is 4.74 Å². The molecule has 0 aromatic rings. The van der Waals surface area contributed by atoms with Crippen LogP contribution in [-0.2, 0) is 4.74 Å². The van der Waals surface area contributed by atoms with Crippen LogP contribution in [0.25, 0.3) is 0 Å². The summed E-state index contributed by atoms with van der Waals surface area (Å²) in [6.07, 6.45) is 4.08. The molecule has 0 saturated heterocycles. The van der Waals surface area contributed by atoms with Crippen LogP contribution in [0, 0.1) is 11.8 Å². The standard InChI is InChI=1S/C11H20O/c1-8(2)10-6-5-7-11(12-4)9(10)3/h8,10-11H,3,5-7H2,1-2,4H3. The molecule has 1 aliphatic carbocycles. The molecule has 1 heteroatoms. The minimum atomic E-state index is 0.325. The molecule has 0 aromatic carbocycles. The highest BCUT2D eigenvalue weighted by Crippen LogP contribution is 2.34. The van der Waals surface area contributed by atoms with E-state index in [1.807, 2.05) is 0 Å². The van der Waals surface area contributed by atoms with Crippen LogP contribution in [0.15, 0.2) is 12.2 Å². The molecule has 0 spiro atoms. The monoisotopic (exact) mass is 168 g/mol. The Kier molecular flexibility index (Phi) is 3.33. The number of hydrogen-bond donors (Lipinski definition) is 0. The van der Waals surface area contributed by atoms with Crippen molar-refractivity contribution in [3.8, 4) is 0 Å². The summed E-state index contributed by atoms with van der Waals surface area (Å²) in [7, 11) is 1.79. The quantitative estimate of drug-likeness (QED) is 0.576. The second-order valence-corrected chi connectivity index (χ2v) is 4.08. The van der Waals surface area contributed by atoms with Crippen LogP contribution >= 0.6 is 0 Å². The van der Waals surface area contributed by atoms with Gasteiger partial charge in [0.15, 0.2) is 0 Å². The second kappa shape index (κ2) is 4.08. The van der Waals surface area contributed by atoms with Crippen molar-refractivity contribution >= 4 is 0 Å². The molecule has 1 fully saturated rings. The van der Waals surface area contributed by atoms with Gasteiger partial charge in [-0.05, 0) is 36.7 Å². The maximum absolute atomic E-state index is 5.38. The Morgan fingerprint density at radius 3 is 2.58 bits per heavy atom. The Bertz CT molecular complexity index is 160. The predicted octanol–water partition coefficient (Wildman–Crippen LogP) is 3.01. The first-order valence-electron chi connectivity index (χ1n) is 4.88. The summed E-state index contributed by atoms with van der Waals surface area (Å²) in [4.78, 5) is 0. The molecule has 0 amide bonds. The van der Waals surface area contributed by atoms with Gasteiger partial charge in [-0.3, -0.25) is 0 Å². The van der Waals surface area contributed by atoms with Gasteiger partial charge in [0.25, 0.3) is 0 Å². The van der Waals surface area contributed by atoms with Crippen molar-refractivity contribution in [1.29, 1.82) is 0 Å². The molecule has 0 aliphatic heterocycles. The molecule has 2 unspecified atom stereocenters. The van der Waals surface area contributed by atoms with Crippen molar-refractivity contribution in [2.24, 2.45) is 11.8 Å². The fourth-order valence-electron chi connectivity index (χ4n) is 2.16. The minimum absolute atomic E-state index is 0.325. The fraction of sp³-hybridized carbons (Fsp3) is 0.818. The van der Waals surface area contributed by atoms with E-state index in [1.54, 1.807) is 7.11 Å². The lowest BCUT2D eigenvalue weighted by Gasteiger charge is -2.33. The SMILES string of the molecule is C=C1C(OC)CCCC1C(C)C. The Morgan fingerprint density at radius 1 is 1.42 bits per heavy atom. The predicted molar refractivity (Wildman–Crippen MR) is 52.1 cm³/mol. The molecule has 1 rings (SSSR count). The van der Waals surface area contributed by atoms with E-state index in [9.17, 15) is 0 Å². The third-order valence-electron chi connectivity index (χ3n) is 2.96. The molecule has 12 heavy (non-hydrogen) atoms. The summed E-state index contributed by atoms with van der Waals surface area (Å²) in [6, 6.07) is 0. The van der Waals surface area contributed by atoms with Crippen molar-refractivity contribution < 1.29 is 4.74 Å². The lowest BCUT2D eigenvalue weighted by Crippen LogP contribution is -2.27. The third-order valence-corrected chi connectivity index (χ3v) is 2.96. The van der Waals surface area contributed by atoms with E-state index in [4.69, 9.17) is 4.74 Å². The number of ether oxygens (including phenoxy) is 1. The first-order chi connectivity index (χ1) is 5.66. The topological polar surface area (TPSA) is 9.23 Å². The Hall–Kier alpha value is -0.300. The smallest absolute Gasteiger partial charge is 0.0781 e. The van der Waals surface area contributed by atoms with E-state index < -0.39 is 0 Å². The first-order valence-corrected chi connectivity index (χ1v) is 4.88. The first kappa shape index (κ1) is 9.79. The van der Waals surface area contributed by atoms with E-state index in [0.29, 0.717) is 12.0 Å². The number of hydrogen-bond acceptors (Lipinski definition) is 1. The molecule has 2 atom stereocenters. The zero-order valence-corrected chi connectivity index (χ0v) is 8.47. The van der Waals surface area contributed by atoms with E-state index in [-0.39, 0.29) is 0 Å². The van der Waals surface area contributed by atoms with Gasteiger partial charge in [0.1, 0.15) is 0 Å². The maximum atomic E-state index is 5.38. The van der Waals surface area contributed by atoms with Gasteiger partial charge in [-0.25, -0.2) is 0 Å². The van der Waals surface area contributed by atoms with Gasteiger partial charge in [0.05, 0.1) is 6.10 Å². The maximum Gasteiger partial charge on any atom is 0.0781 e. The summed E-state index contributed by atoms with van der Waals surface area (Å²) in [5, 5.41) is 0. The average Bonchev–Trinajstić information content (AvgIpc) is 2.04. The summed E-state index contributed by atoms with van der Waals surface area (Å²) in [6.45, 7) is 8.69. The molecule has 1 nitrogen and oxygen atoms in total. The minimum Gasteiger partial charge on any atom is -0.377 e. The van der Waals surface area contributed by atoms with E-state index in [0.717, 1.165) is 5.92 Å². The van der Waals surface area contributed by atoms with Crippen molar-refractivity contribution in [3.63, 3.8) is 0 Å². The van der Waals surface area contributed by atoms with Crippen LogP contribution in [0.5, 0.6) is 0 Å². The van der Waals surface area contributed by atoms with E-state index >= 15 is 0 Å². The second-order valence-electron chi connectivity index (χ2n) is 4.08. The van der Waals surface area contributed by atoms with E-state index in [2.05, 4.69) is 20.4 Å². The van der Waals surface area contributed by atoms with Crippen LogP contribution in [0.1, 0.15) is 33.1 Å². The van der Waals surface area contributed by atoms with Crippen molar-refractivity contribution in [3.05, 3.63) is 12.2 Å². The van der Waals surface area contributed by atoms with E-state index in [1.165, 1.54) is 24.8 Å². The molecular formula is C11H20O. The lowest BCUT2D eigenvalue weighted by atomic mass is 9.77. The zero-order chi connectivity index (χ0) is 9.14. The molecule has 0 N–H and O–H groups in total. The van der Waals surface area contributed by atoms with Crippen molar-refractivity contribution in [1.82, 2.24) is 0 Å². The zero-order valence-electron chi connectivity index (χ0n) is 8.47. The van der Waals surface area contributed by atoms with Crippen molar-refractivity contribution in [2.45, 2.75) is 39.2 Å². The van der Waals surface area contributed by atoms with Gasteiger partial charge in [-0.2, -0.15) is 0 Å². The highest BCUT2D eigenvalue weighted by Gasteiger charge is 2.27. The molecule has 70 valence electrons. The summed E-state index contributed by atoms with van der Waals surface area (Å²) in [5.41, 5.74) is 1.32. The summed E-state index contributed by atoms with van der Waals surface area (Å²) < 4.78 is 5.38. The molecule has 1 saturated carbocycles. The molecule has 0 radical (unpaired) electrons. The Balaban J connectivity index is 2.59. The summed E-state index contributed by atoms with van der Waals surface area (Å²) in [5.74, 6) is 1.40. The fourth-order valence-corrected chi connectivity index (χ4v) is 2.16. The van der Waals surface area contributed by atoms with Crippen LogP contribution in [-0.4, -0.2) is 13.2 Å². The third kappa shape index (κ3) is 1.89. The van der Waals surface area contributed by atoms with Gasteiger partial charge in [0.2, 0.25) is 0 Å². The number of rotatable bonds is 2. The van der Waals surface area contributed by atoms with Crippen molar-refractivity contribution in [2.75, 3.05) is 7.11 Å². The Morgan fingerprint density at radius 2 is 2.08 bits per heavy atom. The largest absolute Gasteiger partial charge is 0.377 e. The van der Waals surface area contributed by atoms with Crippen LogP contribution in [0.2, 0.25) is 0 Å². The van der Waals surface area contributed by atoms with Crippen LogP contribution < -0.4 is 0 Å². The molecule has 0 heterocycles. The summed E-state index contributed by atoms with van der Waals surface area (Å²) >= 11 is 0. The Labute approximate surface area is 75.8 Å². The highest BCUT2D eigenvalue weighted by atomic mass is 16.5. The number of methoxy groups -OCH3 is 1.